The van der Waals surface area contributed by atoms with Crippen LogP contribution in [0.3, 0.4) is 0 Å². The van der Waals surface area contributed by atoms with E-state index in [4.69, 9.17) is 22.6 Å². The molecule has 0 fully saturated rings. The largest absolute Gasteiger partial charge is 0.416 e. The molecule has 200 valence electrons. The number of alkyl halides is 6. The van der Waals surface area contributed by atoms with E-state index in [1.54, 1.807) is 6.07 Å². The zero-order valence-corrected chi connectivity index (χ0v) is 19.9. The van der Waals surface area contributed by atoms with Crippen molar-refractivity contribution < 1.29 is 31.1 Å². The molecule has 1 amide bonds. The minimum atomic E-state index is -4.51. The Hall–Kier alpha value is -4.77. The van der Waals surface area contributed by atoms with Crippen molar-refractivity contribution in [2.24, 2.45) is 5.73 Å². The van der Waals surface area contributed by atoms with Crippen LogP contribution in [0.4, 0.5) is 26.3 Å². The number of hydrogen-bond donors (Lipinski definition) is 2. The first-order valence-corrected chi connectivity index (χ1v) is 10.8. The van der Waals surface area contributed by atoms with Crippen molar-refractivity contribution in [3.63, 3.8) is 0 Å². The van der Waals surface area contributed by atoms with Crippen LogP contribution in [0, 0.1) is 11.3 Å². The number of amides is 1. The summed E-state index contributed by atoms with van der Waals surface area (Å²) in [7, 11) is 0. The number of hydrogen-bond acceptors (Lipinski definition) is 6. The molecule has 0 saturated carbocycles. The molecule has 0 saturated heterocycles. The maximum atomic E-state index is 12.6. The summed E-state index contributed by atoms with van der Waals surface area (Å²) >= 11 is 5.68. The second-order valence-corrected chi connectivity index (χ2v) is 7.90. The van der Waals surface area contributed by atoms with E-state index in [2.05, 4.69) is 19.9 Å². The molecule has 15 heteroatoms. The number of carbonyl (C=O) groups excluding carboxylic acids is 1. The molecule has 39 heavy (non-hydrogen) atoms. The lowest BCUT2D eigenvalue weighted by molar-refractivity contribution is -0.138. The third kappa shape index (κ3) is 7.62. The molecule has 4 rings (SSSR count). The smallest absolute Gasteiger partial charge is 0.363 e. The van der Waals surface area contributed by atoms with Crippen LogP contribution in [-0.2, 0) is 12.4 Å². The minimum Gasteiger partial charge on any atom is -0.363 e. The Bertz CT molecular complexity index is 1630. The van der Waals surface area contributed by atoms with Gasteiger partial charge in [0.15, 0.2) is 5.82 Å². The van der Waals surface area contributed by atoms with Crippen LogP contribution in [0.5, 0.6) is 0 Å². The van der Waals surface area contributed by atoms with Gasteiger partial charge >= 0.3 is 12.4 Å². The van der Waals surface area contributed by atoms with Crippen LogP contribution in [0.1, 0.15) is 27.6 Å². The van der Waals surface area contributed by atoms with Gasteiger partial charge in [-0.05, 0) is 24.3 Å². The van der Waals surface area contributed by atoms with Crippen LogP contribution < -0.4 is 11.3 Å². The molecule has 0 atom stereocenters. The van der Waals surface area contributed by atoms with E-state index in [9.17, 15) is 35.9 Å². The quantitative estimate of drug-likeness (QED) is 0.257. The average Bonchev–Trinajstić information content (AvgIpc) is 2.87. The van der Waals surface area contributed by atoms with E-state index in [0.29, 0.717) is 0 Å². The van der Waals surface area contributed by atoms with Gasteiger partial charge in [-0.25, -0.2) is 15.0 Å². The zero-order chi connectivity index (χ0) is 29.0. The monoisotopic (exact) mass is 566 g/mol. The van der Waals surface area contributed by atoms with Gasteiger partial charge in [0.1, 0.15) is 11.2 Å². The molecule has 2 aromatic heterocycles. The molecule has 0 radical (unpaired) electrons. The van der Waals surface area contributed by atoms with E-state index in [0.717, 1.165) is 30.3 Å². The number of rotatable bonds is 3. The summed E-state index contributed by atoms with van der Waals surface area (Å²) in [6.45, 7) is 0. The number of carbonyl (C=O) groups is 1. The molecule has 2 heterocycles. The summed E-state index contributed by atoms with van der Waals surface area (Å²) in [5.74, 6) is -1.58. The molecule has 2 aromatic carbocycles. The highest BCUT2D eigenvalue weighted by Gasteiger charge is 2.31. The summed E-state index contributed by atoms with van der Waals surface area (Å²) in [5, 5.41) is 8.70. The normalized spacial score (nSPS) is 11.2. The summed E-state index contributed by atoms with van der Waals surface area (Å²) in [6.07, 6.45) is -8.95. The van der Waals surface area contributed by atoms with Crippen LogP contribution >= 0.6 is 11.6 Å². The summed E-state index contributed by atoms with van der Waals surface area (Å²) in [6, 6.07) is 12.9. The fourth-order valence-electron chi connectivity index (χ4n) is 3.05. The van der Waals surface area contributed by atoms with Crippen molar-refractivity contribution in [1.82, 2.24) is 19.9 Å². The van der Waals surface area contributed by atoms with E-state index in [1.165, 1.54) is 30.3 Å². The second-order valence-electron chi connectivity index (χ2n) is 7.51. The highest BCUT2D eigenvalue weighted by Crippen LogP contribution is 2.33. The Morgan fingerprint density at radius 1 is 0.846 bits per heavy atom. The SMILES string of the molecule is N#Cc1nc(Cl)cc(-c2cccc(C(F)(F)F)c2)n1.NC(=O)c1nc(-c2cccc(C(F)(F)F)c2)cc(=O)[nH]1. The maximum absolute atomic E-state index is 12.6. The molecule has 0 spiro atoms. The van der Waals surface area contributed by atoms with Gasteiger partial charge < -0.3 is 10.7 Å². The lowest BCUT2D eigenvalue weighted by atomic mass is 10.1. The van der Waals surface area contributed by atoms with Crippen LogP contribution in [0.25, 0.3) is 22.5 Å². The first-order chi connectivity index (χ1) is 18.2. The maximum Gasteiger partial charge on any atom is 0.416 e. The second kappa shape index (κ2) is 11.3. The Labute approximate surface area is 219 Å². The molecule has 0 unspecified atom stereocenters. The Morgan fingerprint density at radius 2 is 1.36 bits per heavy atom. The van der Waals surface area contributed by atoms with Gasteiger partial charge in [-0.1, -0.05) is 35.9 Å². The van der Waals surface area contributed by atoms with E-state index >= 15 is 0 Å². The Balaban J connectivity index is 0.000000216. The number of nitriles is 1. The van der Waals surface area contributed by atoms with Gasteiger partial charge in [0.05, 0.1) is 22.5 Å². The number of aromatic amines is 1. The average molecular weight is 567 g/mol. The standard InChI is InChI=1S/C12H5ClF3N3.C12H8F3N3O2/c13-10-5-9(18-11(6-17)19-10)7-2-1-3-8(4-7)12(14,15)16;13-12(14,15)7-3-1-2-6(4-7)8-5-9(19)18-11(17-8)10(16)20/h1-5H;1-5H,(H2,16,20)(H,17,18,19). The molecule has 8 nitrogen and oxygen atoms in total. The fraction of sp³-hybridized carbons (Fsp3) is 0.0833. The first kappa shape index (κ1) is 28.8. The van der Waals surface area contributed by atoms with E-state index < -0.39 is 40.8 Å². The van der Waals surface area contributed by atoms with Crippen LogP contribution in [-0.4, -0.2) is 25.8 Å². The molecular weight excluding hydrogens is 554 g/mol. The van der Waals surface area contributed by atoms with Crippen molar-refractivity contribution >= 4 is 17.5 Å². The summed E-state index contributed by atoms with van der Waals surface area (Å²) in [4.78, 5) is 35.6. The van der Waals surface area contributed by atoms with Gasteiger partial charge in [-0.15, -0.1) is 0 Å². The van der Waals surface area contributed by atoms with Crippen molar-refractivity contribution in [2.45, 2.75) is 12.4 Å². The van der Waals surface area contributed by atoms with Crippen LogP contribution in [0.15, 0.2) is 65.5 Å². The summed E-state index contributed by atoms with van der Waals surface area (Å²) in [5.41, 5.74) is 3.02. The number of H-pyrrole nitrogens is 1. The lowest BCUT2D eigenvalue weighted by Crippen LogP contribution is -2.21. The predicted molar refractivity (Wildman–Crippen MR) is 126 cm³/mol. The molecule has 0 aliphatic carbocycles. The van der Waals surface area contributed by atoms with E-state index in [1.807, 2.05) is 0 Å². The number of halogens is 7. The molecule has 3 N–H and O–H groups in total. The van der Waals surface area contributed by atoms with Gasteiger partial charge in [-0.3, -0.25) is 9.59 Å². The molecular formula is C24H13ClF6N6O2. The third-order valence-electron chi connectivity index (χ3n) is 4.74. The number of nitrogens with two attached hydrogens (primary N) is 1. The van der Waals surface area contributed by atoms with Gasteiger partial charge in [-0.2, -0.15) is 31.6 Å². The first-order valence-electron chi connectivity index (χ1n) is 10.4. The van der Waals surface area contributed by atoms with Crippen molar-refractivity contribution in [2.75, 3.05) is 0 Å². The highest BCUT2D eigenvalue weighted by atomic mass is 35.5. The van der Waals surface area contributed by atoms with Crippen molar-refractivity contribution in [1.29, 1.82) is 5.26 Å². The lowest BCUT2D eigenvalue weighted by Gasteiger charge is -2.08. The number of primary amides is 1. The highest BCUT2D eigenvalue weighted by molar-refractivity contribution is 6.29. The van der Waals surface area contributed by atoms with E-state index in [-0.39, 0.29) is 33.5 Å². The Morgan fingerprint density at radius 3 is 1.82 bits per heavy atom. The van der Waals surface area contributed by atoms with Gasteiger partial charge in [0, 0.05) is 23.3 Å². The molecule has 0 aliphatic rings. The fourth-order valence-corrected chi connectivity index (χ4v) is 3.23. The topological polar surface area (TPSA) is 138 Å². The summed E-state index contributed by atoms with van der Waals surface area (Å²) < 4.78 is 75.6. The molecule has 0 aliphatic heterocycles. The predicted octanol–water partition coefficient (Wildman–Crippen LogP) is 5.24. The zero-order valence-electron chi connectivity index (χ0n) is 19.1. The minimum absolute atomic E-state index is 0.000961. The third-order valence-corrected chi connectivity index (χ3v) is 4.93. The van der Waals surface area contributed by atoms with Crippen molar-refractivity contribution in [3.05, 3.63) is 98.9 Å². The van der Waals surface area contributed by atoms with Gasteiger partial charge in [0.2, 0.25) is 5.82 Å². The number of aromatic nitrogens is 4. The molecule has 4 aromatic rings. The number of nitrogens with zero attached hydrogens (tertiary/aromatic N) is 4. The van der Waals surface area contributed by atoms with Crippen molar-refractivity contribution in [3.8, 4) is 28.6 Å². The Kier molecular flexibility index (Phi) is 8.36. The molecule has 0 bridgehead atoms. The number of nitrogens with one attached hydrogen (secondary N) is 1. The van der Waals surface area contributed by atoms with Crippen LogP contribution in [0.2, 0.25) is 5.15 Å². The number of benzene rings is 2. The van der Waals surface area contributed by atoms with Gasteiger partial charge in [0.25, 0.3) is 11.5 Å².